The number of hydrogen-bond donors (Lipinski definition) is 2. The normalized spacial score (nSPS) is 30.3. The number of amides is 3. The van der Waals surface area contributed by atoms with Crippen molar-refractivity contribution in [3.63, 3.8) is 0 Å². The van der Waals surface area contributed by atoms with E-state index in [1.54, 1.807) is 4.90 Å². The highest BCUT2D eigenvalue weighted by atomic mass is 16.6. The van der Waals surface area contributed by atoms with Crippen LogP contribution in [0.25, 0.3) is 0 Å². The molecule has 2 saturated heterocycles. The largest absolute Gasteiger partial charge is 0.444 e. The van der Waals surface area contributed by atoms with E-state index in [-0.39, 0.29) is 24.0 Å². The van der Waals surface area contributed by atoms with Gasteiger partial charge in [0.25, 0.3) is 0 Å². The topological polar surface area (TPSA) is 121 Å². The van der Waals surface area contributed by atoms with Gasteiger partial charge < -0.3 is 19.4 Å². The third-order valence-corrected chi connectivity index (χ3v) is 5.29. The highest BCUT2D eigenvalue weighted by molar-refractivity contribution is 5.76. The first kappa shape index (κ1) is 18.0. The Morgan fingerprint density at radius 3 is 2.67 bits per heavy atom. The first-order valence-corrected chi connectivity index (χ1v) is 9.33. The lowest BCUT2D eigenvalue weighted by atomic mass is 9.80. The molecule has 10 nitrogen and oxygen atoms in total. The average Bonchev–Trinajstić information content (AvgIpc) is 3.10. The SMILES string of the molecule is CC(C)(C)OC(=O)NC1CC(c2nnc([C@@H]3CC[C@H]4CN3C(=O)N4O)o2)C1. The van der Waals surface area contributed by atoms with Crippen LogP contribution >= 0.6 is 0 Å². The van der Waals surface area contributed by atoms with Gasteiger partial charge >= 0.3 is 12.1 Å². The summed E-state index contributed by atoms with van der Waals surface area (Å²) in [6.45, 7) is 5.95. The van der Waals surface area contributed by atoms with Crippen LogP contribution in [0.15, 0.2) is 4.42 Å². The van der Waals surface area contributed by atoms with Crippen molar-refractivity contribution in [2.45, 2.75) is 76.1 Å². The van der Waals surface area contributed by atoms with E-state index in [0.717, 1.165) is 5.06 Å². The molecule has 2 atom stereocenters. The number of fused-ring (bicyclic) bond motifs is 2. The van der Waals surface area contributed by atoms with Crippen molar-refractivity contribution >= 4 is 12.1 Å². The van der Waals surface area contributed by atoms with Gasteiger partial charge in [-0.25, -0.2) is 14.7 Å². The van der Waals surface area contributed by atoms with Crippen LogP contribution in [0, 0.1) is 0 Å². The molecule has 2 bridgehead atoms. The summed E-state index contributed by atoms with van der Waals surface area (Å²) >= 11 is 0. The zero-order chi connectivity index (χ0) is 19.3. The number of carbonyl (C=O) groups is 2. The van der Waals surface area contributed by atoms with Gasteiger partial charge in [0.05, 0.1) is 6.04 Å². The monoisotopic (exact) mass is 379 g/mol. The van der Waals surface area contributed by atoms with Crippen molar-refractivity contribution in [1.82, 2.24) is 25.5 Å². The quantitative estimate of drug-likeness (QED) is 0.772. The molecule has 3 aliphatic rings. The second-order valence-corrected chi connectivity index (χ2v) is 8.52. The average molecular weight is 379 g/mol. The molecule has 1 aromatic heterocycles. The van der Waals surface area contributed by atoms with Crippen molar-refractivity contribution in [3.05, 3.63) is 11.8 Å². The van der Waals surface area contributed by atoms with E-state index in [2.05, 4.69) is 15.5 Å². The molecule has 0 aromatic carbocycles. The molecule has 2 N–H and O–H groups in total. The minimum Gasteiger partial charge on any atom is -0.444 e. The summed E-state index contributed by atoms with van der Waals surface area (Å²) in [6.07, 6.45) is 2.38. The number of piperidine rings is 1. The molecule has 27 heavy (non-hydrogen) atoms. The minimum atomic E-state index is -0.523. The fourth-order valence-corrected chi connectivity index (χ4v) is 3.87. The third-order valence-electron chi connectivity index (χ3n) is 5.29. The Balaban J connectivity index is 1.32. The highest BCUT2D eigenvalue weighted by Crippen LogP contribution is 2.40. The van der Waals surface area contributed by atoms with E-state index in [1.807, 2.05) is 20.8 Å². The molecule has 0 spiro atoms. The van der Waals surface area contributed by atoms with Crippen LogP contribution in [0.1, 0.15) is 70.2 Å². The Hall–Kier alpha value is -2.36. The number of hydroxylamine groups is 2. The molecule has 2 aliphatic heterocycles. The predicted molar refractivity (Wildman–Crippen MR) is 90.9 cm³/mol. The molecule has 0 unspecified atom stereocenters. The molecule has 0 radical (unpaired) electrons. The number of nitrogens with zero attached hydrogens (tertiary/aromatic N) is 4. The van der Waals surface area contributed by atoms with Crippen LogP contribution in [-0.4, -0.2) is 61.7 Å². The Kier molecular flexibility index (Phi) is 4.25. The van der Waals surface area contributed by atoms with Gasteiger partial charge in [0.2, 0.25) is 11.8 Å². The fraction of sp³-hybridized carbons (Fsp3) is 0.765. The number of hydrogen-bond acceptors (Lipinski definition) is 7. The number of nitrogens with one attached hydrogen (secondary N) is 1. The van der Waals surface area contributed by atoms with E-state index in [1.165, 1.54) is 0 Å². The van der Waals surface area contributed by atoms with Crippen LogP contribution in [0.2, 0.25) is 0 Å². The van der Waals surface area contributed by atoms with E-state index < -0.39 is 17.7 Å². The number of aromatic nitrogens is 2. The number of urea groups is 1. The summed E-state index contributed by atoms with van der Waals surface area (Å²) in [5, 5.41) is 21.7. The van der Waals surface area contributed by atoms with E-state index in [0.29, 0.717) is 44.0 Å². The zero-order valence-corrected chi connectivity index (χ0v) is 15.7. The molecular weight excluding hydrogens is 354 g/mol. The van der Waals surface area contributed by atoms with Crippen molar-refractivity contribution in [2.75, 3.05) is 6.54 Å². The van der Waals surface area contributed by atoms with Crippen molar-refractivity contribution in [3.8, 4) is 0 Å². The Bertz CT molecular complexity index is 738. The first-order valence-electron chi connectivity index (χ1n) is 9.33. The van der Waals surface area contributed by atoms with Crippen LogP contribution in [0.4, 0.5) is 9.59 Å². The fourth-order valence-electron chi connectivity index (χ4n) is 3.87. The minimum absolute atomic E-state index is 0.0266. The highest BCUT2D eigenvalue weighted by Gasteiger charge is 2.47. The summed E-state index contributed by atoms with van der Waals surface area (Å²) in [5.74, 6) is 1.03. The molecule has 3 heterocycles. The van der Waals surface area contributed by atoms with Gasteiger partial charge in [-0.15, -0.1) is 10.2 Å². The predicted octanol–water partition coefficient (Wildman–Crippen LogP) is 2.17. The first-order chi connectivity index (χ1) is 12.7. The van der Waals surface area contributed by atoms with E-state index in [4.69, 9.17) is 9.15 Å². The summed E-state index contributed by atoms with van der Waals surface area (Å²) in [5.41, 5.74) is -0.523. The maximum absolute atomic E-state index is 12.1. The molecule has 3 amide bonds. The van der Waals surface area contributed by atoms with Crippen molar-refractivity contribution < 1.29 is 24.0 Å². The van der Waals surface area contributed by atoms with Gasteiger partial charge in [0.15, 0.2) is 0 Å². The molecule has 1 saturated carbocycles. The summed E-state index contributed by atoms with van der Waals surface area (Å²) in [7, 11) is 0. The Morgan fingerprint density at radius 1 is 1.26 bits per heavy atom. The third kappa shape index (κ3) is 3.45. The van der Waals surface area contributed by atoms with Crippen LogP contribution in [-0.2, 0) is 4.74 Å². The maximum Gasteiger partial charge on any atom is 0.407 e. The zero-order valence-electron chi connectivity index (χ0n) is 15.7. The standard InChI is InChI=1S/C17H25N5O5/c1-17(2,3)27-15(23)18-10-6-9(7-10)13-19-20-14(26-13)12-5-4-11-8-21(12)16(24)22(11)25/h9-12,25H,4-8H2,1-3H3,(H,18,23)/t9?,10?,11-,12-/m0/s1. The van der Waals surface area contributed by atoms with E-state index in [9.17, 15) is 14.8 Å². The van der Waals surface area contributed by atoms with Crippen molar-refractivity contribution in [1.29, 1.82) is 0 Å². The summed E-state index contributed by atoms with van der Waals surface area (Å²) in [4.78, 5) is 25.5. The van der Waals surface area contributed by atoms with Crippen LogP contribution in [0.5, 0.6) is 0 Å². The van der Waals surface area contributed by atoms with E-state index >= 15 is 0 Å². The summed E-state index contributed by atoms with van der Waals surface area (Å²) < 4.78 is 11.1. The lowest BCUT2D eigenvalue weighted by Gasteiger charge is -2.34. The van der Waals surface area contributed by atoms with Crippen LogP contribution < -0.4 is 5.32 Å². The molecule has 10 heteroatoms. The molecule has 3 fully saturated rings. The van der Waals surface area contributed by atoms with Gasteiger partial charge in [-0.05, 0) is 46.5 Å². The number of alkyl carbamates (subject to hydrolysis) is 1. The number of rotatable bonds is 3. The molecule has 1 aromatic rings. The molecule has 148 valence electrons. The molecular formula is C17H25N5O5. The van der Waals surface area contributed by atoms with Crippen molar-refractivity contribution in [2.24, 2.45) is 0 Å². The number of carbonyl (C=O) groups excluding carboxylic acids is 2. The number of ether oxygens (including phenoxy) is 1. The molecule has 1 aliphatic carbocycles. The summed E-state index contributed by atoms with van der Waals surface area (Å²) in [6, 6.07) is -0.823. The van der Waals surface area contributed by atoms with Crippen LogP contribution in [0.3, 0.4) is 0 Å². The van der Waals surface area contributed by atoms with Gasteiger partial charge in [-0.1, -0.05) is 0 Å². The molecule has 4 rings (SSSR count). The maximum atomic E-state index is 12.1. The Labute approximate surface area is 156 Å². The lowest BCUT2D eigenvalue weighted by Crippen LogP contribution is -2.45. The smallest absolute Gasteiger partial charge is 0.407 e. The second kappa shape index (κ2) is 6.36. The van der Waals surface area contributed by atoms with Gasteiger partial charge in [0, 0.05) is 18.5 Å². The van der Waals surface area contributed by atoms with Gasteiger partial charge in [0.1, 0.15) is 11.6 Å². The lowest BCUT2D eigenvalue weighted by molar-refractivity contribution is -0.0584. The van der Waals surface area contributed by atoms with Gasteiger partial charge in [-0.2, -0.15) is 0 Å². The second-order valence-electron chi connectivity index (χ2n) is 8.52. The van der Waals surface area contributed by atoms with Gasteiger partial charge in [-0.3, -0.25) is 5.21 Å². The Morgan fingerprint density at radius 2 is 1.96 bits per heavy atom.